The van der Waals surface area contributed by atoms with E-state index in [4.69, 9.17) is 10.5 Å². The van der Waals surface area contributed by atoms with Crippen LogP contribution in [0.5, 0.6) is 5.75 Å². The highest BCUT2D eigenvalue weighted by Gasteiger charge is 2.40. The molecule has 2 unspecified atom stereocenters. The first-order valence-electron chi connectivity index (χ1n) is 7.73. The Hall–Kier alpha value is -1.02. The summed E-state index contributed by atoms with van der Waals surface area (Å²) in [7, 11) is 0. The summed E-state index contributed by atoms with van der Waals surface area (Å²) in [4.78, 5) is 0. The summed E-state index contributed by atoms with van der Waals surface area (Å²) in [6.07, 6.45) is 7.84. The van der Waals surface area contributed by atoms with Gasteiger partial charge in [0.1, 0.15) is 5.75 Å². The van der Waals surface area contributed by atoms with Crippen molar-refractivity contribution in [2.75, 3.05) is 6.61 Å². The van der Waals surface area contributed by atoms with Crippen LogP contribution in [0.4, 0.5) is 0 Å². The smallest absolute Gasteiger partial charge is 0.119 e. The number of hydrogen-bond donors (Lipinski definition) is 1. The van der Waals surface area contributed by atoms with Crippen LogP contribution in [0, 0.1) is 11.8 Å². The summed E-state index contributed by atoms with van der Waals surface area (Å²) in [6.45, 7) is 2.73. The molecule has 0 amide bonds. The van der Waals surface area contributed by atoms with Crippen LogP contribution in [0.2, 0.25) is 0 Å². The minimum atomic E-state index is -0.101. The average molecular weight is 259 g/mol. The van der Waals surface area contributed by atoms with Crippen molar-refractivity contribution >= 4 is 0 Å². The third-order valence-electron chi connectivity index (χ3n) is 4.85. The van der Waals surface area contributed by atoms with Crippen LogP contribution in [-0.2, 0) is 5.54 Å². The van der Waals surface area contributed by atoms with E-state index in [-0.39, 0.29) is 5.54 Å². The molecule has 1 aromatic carbocycles. The fourth-order valence-corrected chi connectivity index (χ4v) is 3.63. The topological polar surface area (TPSA) is 35.2 Å². The van der Waals surface area contributed by atoms with Crippen molar-refractivity contribution in [2.24, 2.45) is 17.6 Å². The van der Waals surface area contributed by atoms with E-state index in [0.29, 0.717) is 0 Å². The molecule has 2 aliphatic carbocycles. The summed E-state index contributed by atoms with van der Waals surface area (Å²) in [5, 5.41) is 0. The number of rotatable bonds is 4. The van der Waals surface area contributed by atoms with Crippen molar-refractivity contribution in [1.29, 1.82) is 0 Å². The van der Waals surface area contributed by atoms with Gasteiger partial charge in [-0.25, -0.2) is 0 Å². The molecule has 0 bridgehead atoms. The molecule has 19 heavy (non-hydrogen) atoms. The van der Waals surface area contributed by atoms with Gasteiger partial charge >= 0.3 is 0 Å². The molecule has 2 atom stereocenters. The molecule has 2 N–H and O–H groups in total. The summed E-state index contributed by atoms with van der Waals surface area (Å²) in [5.41, 5.74) is 7.91. The molecule has 0 saturated heterocycles. The van der Waals surface area contributed by atoms with E-state index < -0.39 is 0 Å². The first-order valence-corrected chi connectivity index (χ1v) is 7.73. The standard InChI is InChI=1S/C17H25NO/c1-2-19-16-9-7-15(8-10-16)17(18)11-3-4-14(12-17)13-5-6-13/h7-10,13-14H,2-6,11-12,18H2,1H3. The van der Waals surface area contributed by atoms with Gasteiger partial charge in [-0.05, 0) is 62.1 Å². The van der Waals surface area contributed by atoms with Crippen molar-refractivity contribution in [3.8, 4) is 5.75 Å². The molecular formula is C17H25NO. The third-order valence-corrected chi connectivity index (χ3v) is 4.85. The minimum absolute atomic E-state index is 0.101. The Morgan fingerprint density at radius 1 is 1.16 bits per heavy atom. The van der Waals surface area contributed by atoms with Crippen molar-refractivity contribution in [3.63, 3.8) is 0 Å². The molecule has 1 aromatic rings. The highest BCUT2D eigenvalue weighted by atomic mass is 16.5. The van der Waals surface area contributed by atoms with E-state index >= 15 is 0 Å². The second-order valence-electron chi connectivity index (χ2n) is 6.31. The number of hydrogen-bond acceptors (Lipinski definition) is 2. The lowest BCUT2D eigenvalue weighted by Crippen LogP contribution is -2.41. The van der Waals surface area contributed by atoms with Gasteiger partial charge in [0.05, 0.1) is 6.61 Å². The van der Waals surface area contributed by atoms with Crippen LogP contribution in [0.1, 0.15) is 51.0 Å². The first-order chi connectivity index (χ1) is 9.21. The largest absolute Gasteiger partial charge is 0.494 e. The third kappa shape index (κ3) is 2.79. The Morgan fingerprint density at radius 3 is 2.53 bits per heavy atom. The summed E-state index contributed by atoms with van der Waals surface area (Å²) in [6, 6.07) is 8.46. The van der Waals surface area contributed by atoms with Gasteiger partial charge in [-0.3, -0.25) is 0 Å². The SMILES string of the molecule is CCOc1ccc(C2(N)CCCC(C3CC3)C2)cc1. The zero-order chi connectivity index (χ0) is 13.3. The predicted octanol–water partition coefficient (Wildman–Crippen LogP) is 3.84. The van der Waals surface area contributed by atoms with Gasteiger partial charge in [0.2, 0.25) is 0 Å². The van der Waals surface area contributed by atoms with Crippen LogP contribution in [-0.4, -0.2) is 6.61 Å². The minimum Gasteiger partial charge on any atom is -0.494 e. The van der Waals surface area contributed by atoms with E-state index in [1.807, 2.05) is 6.92 Å². The second kappa shape index (κ2) is 5.16. The molecular weight excluding hydrogens is 234 g/mol. The molecule has 2 saturated carbocycles. The van der Waals surface area contributed by atoms with Crippen molar-refractivity contribution in [3.05, 3.63) is 29.8 Å². The quantitative estimate of drug-likeness (QED) is 0.891. The highest BCUT2D eigenvalue weighted by molar-refractivity contribution is 5.32. The molecule has 0 radical (unpaired) electrons. The molecule has 2 heteroatoms. The van der Waals surface area contributed by atoms with E-state index in [1.165, 1.54) is 37.7 Å². The molecule has 0 aromatic heterocycles. The van der Waals surface area contributed by atoms with Crippen LogP contribution in [0.15, 0.2) is 24.3 Å². The molecule has 0 spiro atoms. The van der Waals surface area contributed by atoms with Crippen LogP contribution < -0.4 is 10.5 Å². The van der Waals surface area contributed by atoms with Crippen LogP contribution in [0.3, 0.4) is 0 Å². The zero-order valence-corrected chi connectivity index (χ0v) is 11.9. The van der Waals surface area contributed by atoms with Gasteiger partial charge in [0.25, 0.3) is 0 Å². The second-order valence-corrected chi connectivity index (χ2v) is 6.31. The Morgan fingerprint density at radius 2 is 1.89 bits per heavy atom. The monoisotopic (exact) mass is 259 g/mol. The highest BCUT2D eigenvalue weighted by Crippen LogP contribution is 2.48. The predicted molar refractivity (Wildman–Crippen MR) is 78.2 cm³/mol. The Balaban J connectivity index is 1.74. The molecule has 2 aliphatic rings. The van der Waals surface area contributed by atoms with E-state index in [1.54, 1.807) is 0 Å². The van der Waals surface area contributed by atoms with E-state index in [2.05, 4.69) is 24.3 Å². The fourth-order valence-electron chi connectivity index (χ4n) is 3.63. The lowest BCUT2D eigenvalue weighted by Gasteiger charge is -2.38. The maximum absolute atomic E-state index is 6.72. The van der Waals surface area contributed by atoms with Gasteiger partial charge in [-0.1, -0.05) is 25.0 Å². The van der Waals surface area contributed by atoms with Crippen molar-refractivity contribution < 1.29 is 4.74 Å². The molecule has 2 fully saturated rings. The van der Waals surface area contributed by atoms with Gasteiger partial charge in [0.15, 0.2) is 0 Å². The summed E-state index contributed by atoms with van der Waals surface area (Å²) < 4.78 is 5.51. The van der Waals surface area contributed by atoms with Crippen molar-refractivity contribution in [2.45, 2.75) is 51.0 Å². The van der Waals surface area contributed by atoms with Gasteiger partial charge < -0.3 is 10.5 Å². The maximum atomic E-state index is 6.72. The van der Waals surface area contributed by atoms with Gasteiger partial charge in [0, 0.05) is 5.54 Å². The molecule has 0 heterocycles. The average Bonchev–Trinajstić information content (AvgIpc) is 3.24. The Labute approximate surface area is 116 Å². The lowest BCUT2D eigenvalue weighted by molar-refractivity contribution is 0.206. The summed E-state index contributed by atoms with van der Waals surface area (Å²) >= 11 is 0. The maximum Gasteiger partial charge on any atom is 0.119 e. The van der Waals surface area contributed by atoms with E-state index in [9.17, 15) is 0 Å². The lowest BCUT2D eigenvalue weighted by atomic mass is 9.71. The molecule has 104 valence electrons. The molecule has 3 rings (SSSR count). The Kier molecular flexibility index (Phi) is 3.53. The normalized spacial score (nSPS) is 31.2. The van der Waals surface area contributed by atoms with Crippen LogP contribution >= 0.6 is 0 Å². The fraction of sp³-hybridized carbons (Fsp3) is 0.647. The molecule has 0 aliphatic heterocycles. The molecule has 2 nitrogen and oxygen atoms in total. The van der Waals surface area contributed by atoms with Crippen LogP contribution in [0.25, 0.3) is 0 Å². The van der Waals surface area contributed by atoms with Gasteiger partial charge in [-0.2, -0.15) is 0 Å². The summed E-state index contributed by atoms with van der Waals surface area (Å²) in [5.74, 6) is 2.79. The van der Waals surface area contributed by atoms with E-state index in [0.717, 1.165) is 30.6 Å². The number of ether oxygens (including phenoxy) is 1. The Bertz CT molecular complexity index is 423. The van der Waals surface area contributed by atoms with Crippen molar-refractivity contribution in [1.82, 2.24) is 0 Å². The number of nitrogens with two attached hydrogens (primary N) is 1. The first kappa shape index (κ1) is 13.0. The number of benzene rings is 1. The van der Waals surface area contributed by atoms with Gasteiger partial charge in [-0.15, -0.1) is 0 Å². The zero-order valence-electron chi connectivity index (χ0n) is 11.9.